The van der Waals surface area contributed by atoms with E-state index in [1.807, 2.05) is 13.8 Å². The second kappa shape index (κ2) is 16.9. The Balaban J connectivity index is 0. The van der Waals surface area contributed by atoms with Crippen LogP contribution in [0.2, 0.25) is 0 Å². The Morgan fingerprint density at radius 1 is 1.08 bits per heavy atom. The number of halogens is 1. The van der Waals surface area contributed by atoms with E-state index in [4.69, 9.17) is 4.74 Å². The molecule has 1 aromatic rings. The van der Waals surface area contributed by atoms with Gasteiger partial charge < -0.3 is 10.5 Å². The van der Waals surface area contributed by atoms with Gasteiger partial charge in [0.05, 0.1) is 11.6 Å². The van der Waals surface area contributed by atoms with Crippen LogP contribution in [0.5, 0.6) is 5.75 Å². The molecule has 0 aliphatic heterocycles. The SMILES string of the molecule is CC.CCCC.CCCC1c2cc(OC)c(Br)cc2CCC1C.CN. The Hall–Kier alpha value is -0.540. The molecule has 3 heteroatoms. The lowest BCUT2D eigenvalue weighted by Gasteiger charge is -2.32. The molecule has 0 spiro atoms. The molecular weight excluding hydrogens is 374 g/mol. The van der Waals surface area contributed by atoms with E-state index < -0.39 is 0 Å². The van der Waals surface area contributed by atoms with Gasteiger partial charge in [-0.05, 0) is 77.3 Å². The van der Waals surface area contributed by atoms with Crippen LogP contribution in [0, 0.1) is 5.92 Å². The third kappa shape index (κ3) is 9.10. The van der Waals surface area contributed by atoms with Gasteiger partial charge in [-0.3, -0.25) is 0 Å². The maximum atomic E-state index is 5.43. The van der Waals surface area contributed by atoms with Gasteiger partial charge in [-0.15, -0.1) is 0 Å². The Bertz CT molecular complexity index is 432. The van der Waals surface area contributed by atoms with Crippen molar-refractivity contribution in [3.63, 3.8) is 0 Å². The molecular formula is C22H42BrNO. The summed E-state index contributed by atoms with van der Waals surface area (Å²) in [4.78, 5) is 0. The van der Waals surface area contributed by atoms with Gasteiger partial charge in [0.15, 0.2) is 0 Å². The van der Waals surface area contributed by atoms with Crippen molar-refractivity contribution >= 4 is 15.9 Å². The number of fused-ring (bicyclic) bond motifs is 1. The number of unbranched alkanes of at least 4 members (excludes halogenated alkanes) is 1. The molecule has 148 valence electrons. The van der Waals surface area contributed by atoms with Crippen molar-refractivity contribution in [2.24, 2.45) is 11.7 Å². The van der Waals surface area contributed by atoms with E-state index in [1.54, 1.807) is 7.11 Å². The Morgan fingerprint density at radius 2 is 1.64 bits per heavy atom. The molecule has 0 bridgehead atoms. The molecule has 25 heavy (non-hydrogen) atoms. The first-order valence-corrected chi connectivity index (χ1v) is 10.8. The molecule has 1 aromatic carbocycles. The van der Waals surface area contributed by atoms with Gasteiger partial charge in [0.2, 0.25) is 0 Å². The largest absolute Gasteiger partial charge is 0.496 e. The van der Waals surface area contributed by atoms with Crippen LogP contribution in [0.25, 0.3) is 0 Å². The number of nitrogens with two attached hydrogens (primary N) is 1. The molecule has 0 fully saturated rings. The molecule has 2 N–H and O–H groups in total. The Kier molecular flexibility index (Phi) is 18.0. The van der Waals surface area contributed by atoms with Gasteiger partial charge in [-0.2, -0.15) is 0 Å². The van der Waals surface area contributed by atoms with Gasteiger partial charge in [0.1, 0.15) is 5.75 Å². The van der Waals surface area contributed by atoms with Gasteiger partial charge in [-0.25, -0.2) is 0 Å². The number of methoxy groups -OCH3 is 1. The van der Waals surface area contributed by atoms with Crippen LogP contribution in [0.3, 0.4) is 0 Å². The summed E-state index contributed by atoms with van der Waals surface area (Å²) in [5, 5.41) is 0. The highest BCUT2D eigenvalue weighted by Gasteiger charge is 2.26. The van der Waals surface area contributed by atoms with Crippen molar-refractivity contribution in [1.29, 1.82) is 0 Å². The highest BCUT2D eigenvalue weighted by atomic mass is 79.9. The van der Waals surface area contributed by atoms with Crippen LogP contribution in [-0.2, 0) is 6.42 Å². The summed E-state index contributed by atoms with van der Waals surface area (Å²) < 4.78 is 6.51. The van der Waals surface area contributed by atoms with Crippen LogP contribution in [0.1, 0.15) is 90.7 Å². The molecule has 0 heterocycles. The summed E-state index contributed by atoms with van der Waals surface area (Å²) in [6, 6.07) is 4.50. The number of ether oxygens (including phenoxy) is 1. The van der Waals surface area contributed by atoms with Crippen molar-refractivity contribution in [3.8, 4) is 5.75 Å². The monoisotopic (exact) mass is 415 g/mol. The lowest BCUT2D eigenvalue weighted by molar-refractivity contribution is 0.374. The molecule has 1 aliphatic rings. The summed E-state index contributed by atoms with van der Waals surface area (Å²) in [5.74, 6) is 2.48. The van der Waals surface area contributed by atoms with Crippen LogP contribution >= 0.6 is 15.9 Å². The summed E-state index contributed by atoms with van der Waals surface area (Å²) in [7, 11) is 3.24. The molecule has 0 amide bonds. The normalized spacial score (nSPS) is 17.5. The molecule has 0 saturated heterocycles. The minimum absolute atomic E-state index is 0.714. The summed E-state index contributed by atoms with van der Waals surface area (Å²) in [5.41, 5.74) is 7.53. The van der Waals surface area contributed by atoms with Crippen molar-refractivity contribution in [3.05, 3.63) is 27.7 Å². The summed E-state index contributed by atoms with van der Waals surface area (Å²) >= 11 is 3.58. The third-order valence-electron chi connectivity index (χ3n) is 4.47. The number of rotatable bonds is 4. The van der Waals surface area contributed by atoms with E-state index in [1.165, 1.54) is 56.7 Å². The van der Waals surface area contributed by atoms with Gasteiger partial charge in [-0.1, -0.05) is 60.8 Å². The van der Waals surface area contributed by atoms with E-state index in [0.717, 1.165) is 16.1 Å². The van der Waals surface area contributed by atoms with Crippen molar-refractivity contribution in [2.45, 2.75) is 86.0 Å². The lowest BCUT2D eigenvalue weighted by atomic mass is 9.74. The van der Waals surface area contributed by atoms with Crippen molar-refractivity contribution < 1.29 is 4.74 Å². The van der Waals surface area contributed by atoms with E-state index in [9.17, 15) is 0 Å². The second-order valence-corrected chi connectivity index (χ2v) is 6.95. The van der Waals surface area contributed by atoms with Gasteiger partial charge in [0.25, 0.3) is 0 Å². The number of hydrogen-bond donors (Lipinski definition) is 1. The van der Waals surface area contributed by atoms with E-state index >= 15 is 0 Å². The number of aryl methyl sites for hydroxylation is 1. The smallest absolute Gasteiger partial charge is 0.133 e. The standard InChI is InChI=1S/C15H21BrO.C4H10.C2H6.CH5N/c1-4-5-12-10(2)6-7-11-8-14(16)15(17-3)9-13(11)12;1-3-4-2;2*1-2/h8-10,12H,4-7H2,1-3H3;3-4H2,1-2H3;1-2H3;2H2,1H3. The lowest BCUT2D eigenvalue weighted by Crippen LogP contribution is -2.18. The minimum atomic E-state index is 0.714. The molecule has 2 atom stereocenters. The number of hydrogen-bond acceptors (Lipinski definition) is 2. The fraction of sp³-hybridized carbons (Fsp3) is 0.727. The van der Waals surface area contributed by atoms with E-state index in [0.29, 0.717) is 5.92 Å². The molecule has 0 aromatic heterocycles. The zero-order valence-electron chi connectivity index (χ0n) is 17.9. The first-order valence-electron chi connectivity index (χ1n) is 10.0. The summed E-state index contributed by atoms with van der Waals surface area (Å²) in [6.45, 7) is 13.0. The minimum Gasteiger partial charge on any atom is -0.496 e. The predicted molar refractivity (Wildman–Crippen MR) is 118 cm³/mol. The average Bonchev–Trinajstić information content (AvgIpc) is 2.67. The fourth-order valence-corrected chi connectivity index (χ4v) is 3.52. The fourth-order valence-electron chi connectivity index (χ4n) is 2.97. The van der Waals surface area contributed by atoms with E-state index in [2.05, 4.69) is 61.5 Å². The zero-order valence-corrected chi connectivity index (χ0v) is 19.5. The van der Waals surface area contributed by atoms with Crippen molar-refractivity contribution in [2.75, 3.05) is 14.2 Å². The van der Waals surface area contributed by atoms with Gasteiger partial charge >= 0.3 is 0 Å². The Labute approximate surface area is 166 Å². The summed E-state index contributed by atoms with van der Waals surface area (Å²) in [6.07, 6.45) is 7.71. The Morgan fingerprint density at radius 3 is 2.08 bits per heavy atom. The predicted octanol–water partition coefficient (Wildman–Crippen LogP) is 7.33. The first-order chi connectivity index (χ1) is 12.1. The highest BCUT2D eigenvalue weighted by molar-refractivity contribution is 9.10. The van der Waals surface area contributed by atoms with Gasteiger partial charge in [0, 0.05) is 0 Å². The third-order valence-corrected chi connectivity index (χ3v) is 5.09. The first kappa shape index (κ1) is 26.7. The van der Waals surface area contributed by atoms with Crippen LogP contribution in [-0.4, -0.2) is 14.2 Å². The molecule has 2 unspecified atom stereocenters. The van der Waals surface area contributed by atoms with E-state index in [-0.39, 0.29) is 0 Å². The maximum Gasteiger partial charge on any atom is 0.133 e. The zero-order chi connectivity index (χ0) is 19.8. The van der Waals surface area contributed by atoms with Crippen LogP contribution < -0.4 is 10.5 Å². The molecule has 2 rings (SSSR count). The quantitative estimate of drug-likeness (QED) is 0.558. The highest BCUT2D eigenvalue weighted by Crippen LogP contribution is 2.42. The second-order valence-electron chi connectivity index (χ2n) is 6.10. The molecule has 2 nitrogen and oxygen atoms in total. The average molecular weight is 416 g/mol. The van der Waals surface area contributed by atoms with Crippen LogP contribution in [0.4, 0.5) is 0 Å². The van der Waals surface area contributed by atoms with Crippen molar-refractivity contribution in [1.82, 2.24) is 0 Å². The molecule has 1 aliphatic carbocycles. The topological polar surface area (TPSA) is 35.2 Å². The number of benzene rings is 1. The molecule has 0 saturated carbocycles. The molecule has 0 radical (unpaired) electrons. The maximum absolute atomic E-state index is 5.43. The van der Waals surface area contributed by atoms with Crippen LogP contribution in [0.15, 0.2) is 16.6 Å².